The number of hydrogen-bond donors (Lipinski definition) is 0. The zero-order valence-corrected chi connectivity index (χ0v) is 32.8. The zero-order chi connectivity index (χ0) is 37.3. The average molecular weight is 703 g/mol. The Hall–Kier alpha value is -5.16. The van der Waals surface area contributed by atoms with Crippen LogP contribution < -0.4 is 4.74 Å². The molecule has 0 spiro atoms. The maximum atomic E-state index is 6.80. The summed E-state index contributed by atoms with van der Waals surface area (Å²) >= 11 is 0. The Balaban J connectivity index is 1.29. The van der Waals surface area contributed by atoms with Crippen LogP contribution >= 0.6 is 0 Å². The molecule has 0 bridgehead atoms. The molecule has 0 aliphatic carbocycles. The summed E-state index contributed by atoms with van der Waals surface area (Å²) in [6, 6.07) is 34.9. The molecule has 1 atom stereocenters. The van der Waals surface area contributed by atoms with Crippen LogP contribution in [0.3, 0.4) is 0 Å². The molecule has 0 amide bonds. The second-order valence-corrected chi connectivity index (χ2v) is 16.2. The van der Waals surface area contributed by atoms with Gasteiger partial charge in [-0.3, -0.25) is 4.57 Å². The van der Waals surface area contributed by atoms with Crippen molar-refractivity contribution in [1.82, 2.24) is 19.3 Å². The van der Waals surface area contributed by atoms with Crippen LogP contribution in [-0.4, -0.2) is 19.3 Å². The van der Waals surface area contributed by atoms with E-state index in [2.05, 4.69) is 162 Å². The van der Waals surface area contributed by atoms with E-state index in [-0.39, 0.29) is 0 Å². The van der Waals surface area contributed by atoms with Crippen molar-refractivity contribution in [1.29, 1.82) is 0 Å². The van der Waals surface area contributed by atoms with Crippen molar-refractivity contribution in [3.8, 4) is 34.1 Å². The molecular formula is C48H54N4O. The number of unbranched alkanes of at least 4 members (excludes halogenated alkanes) is 1. The molecule has 4 aromatic carbocycles. The van der Waals surface area contributed by atoms with Gasteiger partial charge >= 0.3 is 0 Å². The Morgan fingerprint density at radius 3 is 2.34 bits per heavy atom. The molecule has 3 aromatic heterocycles. The summed E-state index contributed by atoms with van der Waals surface area (Å²) in [5, 5.41) is 7.49. The molecule has 0 aliphatic heterocycles. The monoisotopic (exact) mass is 702 g/mol. The standard InChI is InChI=1S/C48H54N4O/c1-9-10-16-36-27-39(52-35(5)47(34(4)50-52)37-17-12-11-13-18-37)30-41(28-36)53-40-20-21-42-43-29-38(33(3)15-14-24-48(6,7)8)19-22-44(43)51(45(42)31-40)46-26-32(2)23-25-49-46/h11-13,17-23,25-31,33H,9-10,14-16,24H2,1-8H3. The SMILES string of the molecule is CCCCc1cc(Oc2ccc3c4cc(C(C)CCCC(C)(C)C)ccc4n(-c4cc(C)ccn4)c3c2)cc(-n2nc(C)c(-c3ccccc3)c2C)c1. The molecule has 5 nitrogen and oxygen atoms in total. The highest BCUT2D eigenvalue weighted by atomic mass is 16.5. The lowest BCUT2D eigenvalue weighted by Gasteiger charge is -2.19. The first kappa shape index (κ1) is 36.2. The number of fused-ring (bicyclic) bond motifs is 3. The number of benzene rings is 4. The minimum absolute atomic E-state index is 0.360. The van der Waals surface area contributed by atoms with Crippen LogP contribution in [0, 0.1) is 26.2 Å². The van der Waals surface area contributed by atoms with E-state index in [0.29, 0.717) is 11.3 Å². The molecule has 0 radical (unpaired) electrons. The molecule has 0 fully saturated rings. The normalized spacial score (nSPS) is 12.5. The summed E-state index contributed by atoms with van der Waals surface area (Å²) < 4.78 is 11.2. The Morgan fingerprint density at radius 1 is 0.774 bits per heavy atom. The van der Waals surface area contributed by atoms with Gasteiger partial charge in [-0.05, 0) is 129 Å². The number of nitrogens with zero attached hydrogens (tertiary/aromatic N) is 4. The van der Waals surface area contributed by atoms with Crippen molar-refractivity contribution in [3.63, 3.8) is 0 Å². The minimum Gasteiger partial charge on any atom is -0.457 e. The Bertz CT molecular complexity index is 2370. The lowest BCUT2D eigenvalue weighted by molar-refractivity contribution is 0.354. The predicted octanol–water partition coefficient (Wildman–Crippen LogP) is 13.4. The van der Waals surface area contributed by atoms with Crippen LogP contribution in [0.5, 0.6) is 11.5 Å². The average Bonchev–Trinajstić information content (AvgIpc) is 3.62. The van der Waals surface area contributed by atoms with Gasteiger partial charge in [0.1, 0.15) is 17.3 Å². The third-order valence-corrected chi connectivity index (χ3v) is 10.6. The molecule has 0 N–H and O–H groups in total. The largest absolute Gasteiger partial charge is 0.457 e. The van der Waals surface area contributed by atoms with E-state index < -0.39 is 0 Å². The van der Waals surface area contributed by atoms with Crippen molar-refractivity contribution in [2.45, 2.75) is 99.8 Å². The lowest BCUT2D eigenvalue weighted by atomic mass is 9.86. The van der Waals surface area contributed by atoms with Crippen molar-refractivity contribution in [2.24, 2.45) is 5.41 Å². The smallest absolute Gasteiger partial charge is 0.137 e. The molecule has 53 heavy (non-hydrogen) atoms. The van der Waals surface area contributed by atoms with Crippen molar-refractivity contribution in [2.75, 3.05) is 0 Å². The second kappa shape index (κ2) is 15.1. The maximum absolute atomic E-state index is 6.80. The van der Waals surface area contributed by atoms with Crippen molar-refractivity contribution in [3.05, 3.63) is 131 Å². The predicted molar refractivity (Wildman–Crippen MR) is 222 cm³/mol. The highest BCUT2D eigenvalue weighted by molar-refractivity contribution is 6.09. The third-order valence-electron chi connectivity index (χ3n) is 10.6. The summed E-state index contributed by atoms with van der Waals surface area (Å²) in [7, 11) is 0. The first-order valence-electron chi connectivity index (χ1n) is 19.4. The fourth-order valence-corrected chi connectivity index (χ4v) is 7.79. The van der Waals surface area contributed by atoms with Crippen LogP contribution in [-0.2, 0) is 6.42 Å². The Kier molecular flexibility index (Phi) is 10.3. The van der Waals surface area contributed by atoms with E-state index >= 15 is 0 Å². The Morgan fingerprint density at radius 2 is 1.58 bits per heavy atom. The van der Waals surface area contributed by atoms with Gasteiger partial charge in [-0.25, -0.2) is 9.67 Å². The maximum Gasteiger partial charge on any atom is 0.137 e. The molecule has 0 saturated heterocycles. The summed E-state index contributed by atoms with van der Waals surface area (Å²) in [5.74, 6) is 3.00. The van der Waals surface area contributed by atoms with Gasteiger partial charge in [-0.2, -0.15) is 5.10 Å². The number of ether oxygens (including phenoxy) is 1. The van der Waals surface area contributed by atoms with E-state index in [0.717, 1.165) is 64.7 Å². The summed E-state index contributed by atoms with van der Waals surface area (Å²) in [4.78, 5) is 4.85. The fraction of sp³-hybridized carbons (Fsp3) is 0.333. The minimum atomic E-state index is 0.360. The lowest BCUT2D eigenvalue weighted by Crippen LogP contribution is -2.05. The van der Waals surface area contributed by atoms with Crippen LogP contribution in [0.1, 0.15) is 101 Å². The number of aromatic nitrogens is 4. The van der Waals surface area contributed by atoms with Crippen LogP contribution in [0.4, 0.5) is 0 Å². The first-order valence-corrected chi connectivity index (χ1v) is 19.4. The molecule has 0 aliphatic rings. The molecule has 1 unspecified atom stereocenters. The van der Waals surface area contributed by atoms with Crippen molar-refractivity contribution < 1.29 is 4.74 Å². The second-order valence-electron chi connectivity index (χ2n) is 16.2. The van der Waals surface area contributed by atoms with Gasteiger partial charge in [0.15, 0.2) is 0 Å². The van der Waals surface area contributed by atoms with Gasteiger partial charge in [0.25, 0.3) is 0 Å². The highest BCUT2D eigenvalue weighted by Gasteiger charge is 2.19. The van der Waals surface area contributed by atoms with E-state index in [1.807, 2.05) is 6.20 Å². The quantitative estimate of drug-likeness (QED) is 0.127. The summed E-state index contributed by atoms with van der Waals surface area (Å²) in [6.07, 6.45) is 8.78. The third kappa shape index (κ3) is 7.81. The van der Waals surface area contributed by atoms with Gasteiger partial charge in [-0.15, -0.1) is 0 Å². The number of rotatable bonds is 12. The molecular weight excluding hydrogens is 649 g/mol. The molecule has 5 heteroatoms. The van der Waals surface area contributed by atoms with Crippen LogP contribution in [0.25, 0.3) is 44.4 Å². The van der Waals surface area contributed by atoms with Crippen LogP contribution in [0.15, 0.2) is 103 Å². The van der Waals surface area contributed by atoms with Crippen molar-refractivity contribution >= 4 is 21.8 Å². The zero-order valence-electron chi connectivity index (χ0n) is 32.8. The van der Waals surface area contributed by atoms with Gasteiger partial charge in [0, 0.05) is 40.4 Å². The van der Waals surface area contributed by atoms with Gasteiger partial charge in [-0.1, -0.05) is 83.9 Å². The van der Waals surface area contributed by atoms with Gasteiger partial charge < -0.3 is 4.74 Å². The van der Waals surface area contributed by atoms with E-state index in [9.17, 15) is 0 Å². The molecule has 3 heterocycles. The van der Waals surface area contributed by atoms with E-state index in [1.54, 1.807) is 0 Å². The highest BCUT2D eigenvalue weighted by Crippen LogP contribution is 2.38. The number of aryl methyl sites for hydroxylation is 3. The summed E-state index contributed by atoms with van der Waals surface area (Å²) in [6.45, 7) is 18.0. The van der Waals surface area contributed by atoms with E-state index in [1.165, 1.54) is 57.9 Å². The molecule has 7 rings (SSSR count). The van der Waals surface area contributed by atoms with Gasteiger partial charge in [0.05, 0.1) is 22.4 Å². The van der Waals surface area contributed by atoms with Gasteiger partial charge in [0.2, 0.25) is 0 Å². The number of hydrogen-bond acceptors (Lipinski definition) is 3. The topological polar surface area (TPSA) is 44.9 Å². The van der Waals surface area contributed by atoms with E-state index in [4.69, 9.17) is 14.8 Å². The first-order chi connectivity index (χ1) is 25.5. The van der Waals surface area contributed by atoms with Crippen LogP contribution in [0.2, 0.25) is 0 Å². The summed E-state index contributed by atoms with van der Waals surface area (Å²) in [5.41, 5.74) is 11.9. The number of pyridine rings is 1. The fourth-order valence-electron chi connectivity index (χ4n) is 7.79. The molecule has 0 saturated carbocycles. The Labute approximate surface area is 315 Å². The molecule has 7 aromatic rings. The molecule has 272 valence electrons.